The van der Waals surface area contributed by atoms with Gasteiger partial charge in [0.1, 0.15) is 12.6 Å². The summed E-state index contributed by atoms with van der Waals surface area (Å²) in [5.74, 6) is -1.01. The fraction of sp³-hybridized carbons (Fsp3) is 0.212. The topological polar surface area (TPSA) is 86.8 Å². The number of hydrogen-bond donors (Lipinski definition) is 1. The number of halogens is 3. The number of rotatable bonds is 12. The Labute approximate surface area is 273 Å². The van der Waals surface area contributed by atoms with Crippen LogP contribution in [0.3, 0.4) is 0 Å². The predicted molar refractivity (Wildman–Crippen MR) is 177 cm³/mol. The van der Waals surface area contributed by atoms with E-state index in [1.54, 1.807) is 42.5 Å². The van der Waals surface area contributed by atoms with Crippen LogP contribution < -0.4 is 9.62 Å². The van der Waals surface area contributed by atoms with Gasteiger partial charge in [0, 0.05) is 29.1 Å². The van der Waals surface area contributed by atoms with Gasteiger partial charge in [0.2, 0.25) is 11.8 Å². The van der Waals surface area contributed by atoms with Crippen molar-refractivity contribution in [3.8, 4) is 0 Å². The van der Waals surface area contributed by atoms with Gasteiger partial charge in [-0.05, 0) is 61.4 Å². The molecular formula is C33H32Cl3N3O4S. The lowest BCUT2D eigenvalue weighted by Crippen LogP contribution is -2.54. The lowest BCUT2D eigenvalue weighted by Gasteiger charge is -2.34. The fourth-order valence-electron chi connectivity index (χ4n) is 4.66. The zero-order valence-electron chi connectivity index (χ0n) is 24.2. The second-order valence-corrected chi connectivity index (χ2v) is 13.5. The van der Waals surface area contributed by atoms with Crippen molar-refractivity contribution in [2.75, 3.05) is 10.8 Å². The van der Waals surface area contributed by atoms with Crippen molar-refractivity contribution in [3.63, 3.8) is 0 Å². The molecule has 7 nitrogen and oxygen atoms in total. The number of hydrogen-bond acceptors (Lipinski definition) is 4. The summed E-state index contributed by atoms with van der Waals surface area (Å²) < 4.78 is 29.0. The molecule has 0 unspecified atom stereocenters. The number of anilines is 1. The molecule has 230 valence electrons. The highest BCUT2D eigenvalue weighted by molar-refractivity contribution is 7.92. The van der Waals surface area contributed by atoms with Gasteiger partial charge in [0.15, 0.2) is 0 Å². The third kappa shape index (κ3) is 8.33. The molecule has 0 bridgehead atoms. The lowest BCUT2D eigenvalue weighted by molar-refractivity contribution is -0.140. The summed E-state index contributed by atoms with van der Waals surface area (Å²) in [6.07, 6.45) is 0.183. The molecule has 0 heterocycles. The average Bonchev–Trinajstić information content (AvgIpc) is 2.99. The molecular weight excluding hydrogens is 641 g/mol. The monoisotopic (exact) mass is 671 g/mol. The van der Waals surface area contributed by atoms with Gasteiger partial charge in [-0.1, -0.05) is 102 Å². The molecule has 0 spiro atoms. The summed E-state index contributed by atoms with van der Waals surface area (Å²) in [6, 6.07) is 27.2. The van der Waals surface area contributed by atoms with Crippen molar-refractivity contribution in [1.29, 1.82) is 0 Å². The van der Waals surface area contributed by atoms with Crippen LogP contribution in [-0.4, -0.2) is 43.8 Å². The highest BCUT2D eigenvalue weighted by atomic mass is 35.5. The van der Waals surface area contributed by atoms with Gasteiger partial charge >= 0.3 is 0 Å². The molecule has 0 aromatic heterocycles. The van der Waals surface area contributed by atoms with E-state index >= 15 is 0 Å². The van der Waals surface area contributed by atoms with E-state index in [0.717, 1.165) is 9.87 Å². The van der Waals surface area contributed by atoms with E-state index in [-0.39, 0.29) is 40.5 Å². The minimum Gasteiger partial charge on any atom is -0.352 e. The van der Waals surface area contributed by atoms with Gasteiger partial charge in [-0.25, -0.2) is 8.42 Å². The molecule has 0 saturated heterocycles. The van der Waals surface area contributed by atoms with Crippen LogP contribution in [0.5, 0.6) is 0 Å². The number of benzene rings is 4. The summed E-state index contributed by atoms with van der Waals surface area (Å²) in [5, 5.41) is 3.67. The summed E-state index contributed by atoms with van der Waals surface area (Å²) in [6.45, 7) is 2.96. The zero-order valence-corrected chi connectivity index (χ0v) is 27.2. The van der Waals surface area contributed by atoms with E-state index in [1.807, 2.05) is 44.2 Å². The number of carbonyl (C=O) groups excluding carboxylic acids is 2. The predicted octanol–water partition coefficient (Wildman–Crippen LogP) is 7.01. The zero-order chi connectivity index (χ0) is 31.9. The largest absolute Gasteiger partial charge is 0.352 e. The van der Waals surface area contributed by atoms with E-state index in [2.05, 4.69) is 5.32 Å². The molecule has 0 fully saturated rings. The Morgan fingerprint density at radius 2 is 1.41 bits per heavy atom. The van der Waals surface area contributed by atoms with Gasteiger partial charge in [-0.15, -0.1) is 0 Å². The minimum atomic E-state index is -4.29. The maximum atomic E-state index is 14.4. The lowest BCUT2D eigenvalue weighted by atomic mass is 10.0. The van der Waals surface area contributed by atoms with Crippen molar-refractivity contribution >= 4 is 62.3 Å². The first kappa shape index (κ1) is 33.3. The maximum Gasteiger partial charge on any atom is 0.264 e. The maximum absolute atomic E-state index is 14.4. The molecule has 2 amide bonds. The van der Waals surface area contributed by atoms with E-state index < -0.39 is 28.5 Å². The first-order chi connectivity index (χ1) is 21.0. The number of nitrogens with zero attached hydrogens (tertiary/aromatic N) is 2. The Bertz CT molecular complexity index is 1700. The van der Waals surface area contributed by atoms with Crippen molar-refractivity contribution in [2.45, 2.75) is 43.8 Å². The second-order valence-electron chi connectivity index (χ2n) is 10.4. The molecule has 4 aromatic carbocycles. The standard InChI is InChI=1S/C33H32Cl3N3O4S/c1-23(2)37-33(41)31(19-24-11-5-3-6-12-24)38(21-25-13-9-10-16-28(25)35)32(40)22-39(30-18-17-26(34)20-29(30)36)44(42,43)27-14-7-4-8-15-27/h3-18,20,23,31H,19,21-22H2,1-2H3,(H,37,41)/t31-/m0/s1. The molecule has 4 rings (SSSR count). The molecule has 0 aliphatic heterocycles. The van der Waals surface area contributed by atoms with Gasteiger partial charge in [-0.3, -0.25) is 13.9 Å². The van der Waals surface area contributed by atoms with E-state index in [1.165, 1.54) is 35.2 Å². The summed E-state index contributed by atoms with van der Waals surface area (Å²) in [4.78, 5) is 29.5. The summed E-state index contributed by atoms with van der Waals surface area (Å²) >= 11 is 19.2. The van der Waals surface area contributed by atoms with Gasteiger partial charge in [-0.2, -0.15) is 0 Å². The van der Waals surface area contributed by atoms with Crippen LogP contribution in [0.15, 0.2) is 108 Å². The number of sulfonamides is 1. The van der Waals surface area contributed by atoms with Crippen LogP contribution in [0.4, 0.5) is 5.69 Å². The van der Waals surface area contributed by atoms with Crippen LogP contribution in [0.2, 0.25) is 15.1 Å². The summed E-state index contributed by atoms with van der Waals surface area (Å²) in [7, 11) is -4.29. The van der Waals surface area contributed by atoms with Gasteiger partial charge in [0.05, 0.1) is 15.6 Å². The van der Waals surface area contributed by atoms with Crippen LogP contribution in [0, 0.1) is 0 Å². The van der Waals surface area contributed by atoms with E-state index in [4.69, 9.17) is 34.8 Å². The van der Waals surface area contributed by atoms with Gasteiger partial charge in [0.25, 0.3) is 10.0 Å². The molecule has 0 saturated carbocycles. The van der Waals surface area contributed by atoms with E-state index in [0.29, 0.717) is 15.6 Å². The van der Waals surface area contributed by atoms with Crippen LogP contribution >= 0.6 is 34.8 Å². The molecule has 0 radical (unpaired) electrons. The van der Waals surface area contributed by atoms with E-state index in [9.17, 15) is 18.0 Å². The minimum absolute atomic E-state index is 0.0325. The second kappa shape index (κ2) is 14.9. The van der Waals surface area contributed by atoms with Crippen molar-refractivity contribution < 1.29 is 18.0 Å². The number of nitrogens with one attached hydrogen (secondary N) is 1. The van der Waals surface area contributed by atoms with Crippen molar-refractivity contribution in [2.24, 2.45) is 0 Å². The highest BCUT2D eigenvalue weighted by Crippen LogP contribution is 2.33. The quantitative estimate of drug-likeness (QED) is 0.176. The molecule has 4 aromatic rings. The third-order valence-corrected chi connectivity index (χ3v) is 9.47. The smallest absolute Gasteiger partial charge is 0.264 e. The molecule has 1 atom stereocenters. The fourth-order valence-corrected chi connectivity index (χ4v) is 6.87. The Hall–Kier alpha value is -3.56. The molecule has 0 aliphatic carbocycles. The first-order valence-corrected chi connectivity index (χ1v) is 16.4. The average molecular weight is 673 g/mol. The van der Waals surface area contributed by atoms with Crippen LogP contribution in [-0.2, 0) is 32.6 Å². The SMILES string of the molecule is CC(C)NC(=O)[C@H](Cc1ccccc1)N(Cc1ccccc1Cl)C(=O)CN(c1ccc(Cl)cc1Cl)S(=O)(=O)c1ccccc1. The molecule has 44 heavy (non-hydrogen) atoms. The molecule has 11 heteroatoms. The van der Waals surface area contributed by atoms with Crippen molar-refractivity contribution in [3.05, 3.63) is 129 Å². The summed E-state index contributed by atoms with van der Waals surface area (Å²) in [5.41, 5.74) is 1.49. The Morgan fingerprint density at radius 3 is 2.02 bits per heavy atom. The Balaban J connectivity index is 1.83. The van der Waals surface area contributed by atoms with Crippen LogP contribution in [0.1, 0.15) is 25.0 Å². The molecule has 1 N–H and O–H groups in total. The number of carbonyl (C=O) groups is 2. The molecule has 0 aliphatic rings. The first-order valence-electron chi connectivity index (χ1n) is 13.9. The van der Waals surface area contributed by atoms with Crippen LogP contribution in [0.25, 0.3) is 0 Å². The third-order valence-electron chi connectivity index (χ3n) is 6.79. The Morgan fingerprint density at radius 1 is 0.795 bits per heavy atom. The normalized spacial score (nSPS) is 12.0. The van der Waals surface area contributed by atoms with Crippen molar-refractivity contribution in [1.82, 2.24) is 10.2 Å². The highest BCUT2D eigenvalue weighted by Gasteiger charge is 2.35. The van der Waals surface area contributed by atoms with Gasteiger partial charge < -0.3 is 10.2 Å². The number of amides is 2. The Kier molecular flexibility index (Phi) is 11.3.